The van der Waals surface area contributed by atoms with E-state index in [0.29, 0.717) is 5.82 Å². The Balaban J connectivity index is 1.05. The van der Waals surface area contributed by atoms with Gasteiger partial charge in [0.1, 0.15) is 0 Å². The highest BCUT2D eigenvalue weighted by atomic mass is 14.9. The summed E-state index contributed by atoms with van der Waals surface area (Å²) in [5.74, 6) is 0.686. The summed E-state index contributed by atoms with van der Waals surface area (Å²) in [6.45, 7) is 0. The predicted molar refractivity (Wildman–Crippen MR) is 259 cm³/mol. The third-order valence-electron chi connectivity index (χ3n) is 12.9. The zero-order valence-corrected chi connectivity index (χ0v) is 34.4. The molecule has 0 amide bonds. The molecule has 12 rings (SSSR count). The molecule has 0 atom stereocenters. The van der Waals surface area contributed by atoms with E-state index < -0.39 is 5.41 Å². The Morgan fingerprint density at radius 3 is 1.65 bits per heavy atom. The molecule has 294 valence electrons. The molecule has 3 heteroatoms. The van der Waals surface area contributed by atoms with Gasteiger partial charge >= 0.3 is 0 Å². The van der Waals surface area contributed by atoms with Crippen molar-refractivity contribution in [3.8, 4) is 67.3 Å². The smallest absolute Gasteiger partial charge is 0.161 e. The molecule has 0 fully saturated rings. The van der Waals surface area contributed by atoms with Gasteiger partial charge in [0.05, 0.1) is 16.8 Å². The van der Waals surface area contributed by atoms with Gasteiger partial charge in [0, 0.05) is 34.6 Å². The third-order valence-corrected chi connectivity index (χ3v) is 12.9. The number of hydrogen-bond acceptors (Lipinski definition) is 3. The molecule has 0 N–H and O–H groups in total. The summed E-state index contributed by atoms with van der Waals surface area (Å²) in [5, 5.41) is 4.77. The Morgan fingerprint density at radius 1 is 0.333 bits per heavy atom. The number of nitrogens with zero attached hydrogens (tertiary/aromatic N) is 3. The molecule has 11 aromatic rings. The van der Waals surface area contributed by atoms with E-state index in [1.807, 2.05) is 18.3 Å². The van der Waals surface area contributed by atoms with Crippen molar-refractivity contribution < 1.29 is 0 Å². The molecule has 0 spiro atoms. The van der Waals surface area contributed by atoms with Crippen molar-refractivity contribution >= 4 is 21.5 Å². The van der Waals surface area contributed by atoms with Crippen LogP contribution in [0.3, 0.4) is 0 Å². The first-order chi connectivity index (χ1) is 31.2. The zero-order chi connectivity index (χ0) is 41.7. The SMILES string of the molecule is c1ccc(-c2cc(-c3cccc(-c4cccnc4)c3)nc(-c3ccc(-c4ccc5c(c4)-c4ccc6ccccc6c4C5(c4ccccc4)c4ccccc4)c4ccccc34)n2)cc1. The lowest BCUT2D eigenvalue weighted by atomic mass is 9.66. The van der Waals surface area contributed by atoms with Crippen LogP contribution in [0, 0.1) is 0 Å². The highest BCUT2D eigenvalue weighted by molar-refractivity contribution is 6.06. The lowest BCUT2D eigenvalue weighted by Gasteiger charge is -2.34. The predicted octanol–water partition coefficient (Wildman–Crippen LogP) is 14.9. The standard InChI is InChI=1S/C60H39N3/c1-4-17-41(18-5-1)56-38-57(44-20-14-19-42(36-44)45-21-15-35-61-39-45)63-59(62-56)53-33-32-48(50-27-12-13-28-51(50)53)43-30-34-55-54(37-43)52-31-29-40-16-10-11-26-49(40)58(52)60(55,46-22-6-2-7-23-46)47-24-8-3-9-25-47/h1-39H. The van der Waals surface area contributed by atoms with Crippen LogP contribution in [0.5, 0.6) is 0 Å². The van der Waals surface area contributed by atoms with E-state index >= 15 is 0 Å². The minimum Gasteiger partial charge on any atom is -0.264 e. The van der Waals surface area contributed by atoms with Crippen LogP contribution >= 0.6 is 0 Å². The minimum atomic E-state index is -0.505. The highest BCUT2D eigenvalue weighted by Crippen LogP contribution is 2.58. The topological polar surface area (TPSA) is 38.7 Å². The van der Waals surface area contributed by atoms with Crippen LogP contribution < -0.4 is 0 Å². The van der Waals surface area contributed by atoms with Crippen LogP contribution in [0.25, 0.3) is 88.8 Å². The second-order valence-electron chi connectivity index (χ2n) is 16.3. The Kier molecular flexibility index (Phi) is 8.72. The maximum Gasteiger partial charge on any atom is 0.161 e. The van der Waals surface area contributed by atoms with E-state index in [-0.39, 0.29) is 0 Å². The van der Waals surface area contributed by atoms with E-state index in [4.69, 9.17) is 9.97 Å². The average molecular weight is 802 g/mol. The number of benzene rings is 9. The van der Waals surface area contributed by atoms with Crippen molar-refractivity contribution in [1.82, 2.24) is 15.0 Å². The van der Waals surface area contributed by atoms with Gasteiger partial charge in [-0.3, -0.25) is 4.98 Å². The van der Waals surface area contributed by atoms with Gasteiger partial charge in [-0.15, -0.1) is 0 Å². The third kappa shape index (κ3) is 6.01. The van der Waals surface area contributed by atoms with Crippen molar-refractivity contribution in [3.05, 3.63) is 259 Å². The zero-order valence-electron chi connectivity index (χ0n) is 34.4. The van der Waals surface area contributed by atoms with Crippen molar-refractivity contribution in [3.63, 3.8) is 0 Å². The molecular formula is C60H39N3. The molecule has 1 aliphatic rings. The number of rotatable bonds is 7. The maximum atomic E-state index is 5.33. The molecule has 0 aliphatic heterocycles. The minimum absolute atomic E-state index is 0.505. The highest BCUT2D eigenvalue weighted by Gasteiger charge is 2.47. The van der Waals surface area contributed by atoms with E-state index in [0.717, 1.165) is 50.0 Å². The molecule has 0 unspecified atom stereocenters. The van der Waals surface area contributed by atoms with Gasteiger partial charge in [0.2, 0.25) is 0 Å². The van der Waals surface area contributed by atoms with Crippen LogP contribution in [-0.4, -0.2) is 15.0 Å². The van der Waals surface area contributed by atoms with Crippen LogP contribution in [0.2, 0.25) is 0 Å². The van der Waals surface area contributed by atoms with Crippen molar-refractivity contribution in [1.29, 1.82) is 0 Å². The van der Waals surface area contributed by atoms with E-state index in [2.05, 4.69) is 217 Å². The van der Waals surface area contributed by atoms with Gasteiger partial charge in [-0.1, -0.05) is 194 Å². The van der Waals surface area contributed by atoms with E-state index in [1.54, 1.807) is 6.20 Å². The second kappa shape index (κ2) is 15.0. The van der Waals surface area contributed by atoms with Gasteiger partial charge in [0.25, 0.3) is 0 Å². The molecule has 3 nitrogen and oxygen atoms in total. The van der Waals surface area contributed by atoms with E-state index in [1.165, 1.54) is 55.3 Å². The van der Waals surface area contributed by atoms with Gasteiger partial charge in [0.15, 0.2) is 5.82 Å². The van der Waals surface area contributed by atoms with Crippen LogP contribution in [0.1, 0.15) is 22.3 Å². The first kappa shape index (κ1) is 36.6. The molecular weight excluding hydrogens is 763 g/mol. The summed E-state index contributed by atoms with van der Waals surface area (Å²) in [4.78, 5) is 15.0. The van der Waals surface area contributed by atoms with Crippen molar-refractivity contribution in [2.24, 2.45) is 0 Å². The van der Waals surface area contributed by atoms with Crippen LogP contribution in [-0.2, 0) is 5.41 Å². The lowest BCUT2D eigenvalue weighted by Crippen LogP contribution is -2.28. The fourth-order valence-electron chi connectivity index (χ4n) is 10.0. The number of aromatic nitrogens is 3. The van der Waals surface area contributed by atoms with E-state index in [9.17, 15) is 0 Å². The number of pyridine rings is 1. The van der Waals surface area contributed by atoms with Gasteiger partial charge in [-0.05, 0) is 102 Å². The summed E-state index contributed by atoms with van der Waals surface area (Å²) < 4.78 is 0. The molecule has 1 aliphatic carbocycles. The molecule has 0 radical (unpaired) electrons. The summed E-state index contributed by atoms with van der Waals surface area (Å²) in [5.41, 5.74) is 16.4. The molecule has 2 heterocycles. The Hall–Kier alpha value is -8.27. The Morgan fingerprint density at radius 2 is 0.921 bits per heavy atom. The van der Waals surface area contributed by atoms with Gasteiger partial charge < -0.3 is 0 Å². The maximum absolute atomic E-state index is 5.33. The fraction of sp³-hybridized carbons (Fsp3) is 0.0167. The summed E-state index contributed by atoms with van der Waals surface area (Å²) in [6.07, 6.45) is 3.71. The van der Waals surface area contributed by atoms with Gasteiger partial charge in [-0.2, -0.15) is 0 Å². The monoisotopic (exact) mass is 801 g/mol. The summed E-state index contributed by atoms with van der Waals surface area (Å²) in [6, 6.07) is 81.0. The quantitative estimate of drug-likeness (QED) is 0.161. The van der Waals surface area contributed by atoms with Crippen LogP contribution in [0.4, 0.5) is 0 Å². The van der Waals surface area contributed by atoms with Crippen molar-refractivity contribution in [2.75, 3.05) is 0 Å². The first-order valence-corrected chi connectivity index (χ1v) is 21.5. The molecule has 0 bridgehead atoms. The number of hydrogen-bond donors (Lipinski definition) is 0. The first-order valence-electron chi connectivity index (χ1n) is 21.5. The second-order valence-corrected chi connectivity index (χ2v) is 16.3. The normalized spacial score (nSPS) is 12.6. The molecule has 9 aromatic carbocycles. The average Bonchev–Trinajstić information content (AvgIpc) is 3.68. The van der Waals surface area contributed by atoms with Gasteiger partial charge in [-0.25, -0.2) is 9.97 Å². The lowest BCUT2D eigenvalue weighted by molar-refractivity contribution is 0.775. The summed E-state index contributed by atoms with van der Waals surface area (Å²) in [7, 11) is 0. The van der Waals surface area contributed by atoms with Crippen molar-refractivity contribution in [2.45, 2.75) is 5.41 Å². The summed E-state index contributed by atoms with van der Waals surface area (Å²) >= 11 is 0. The largest absolute Gasteiger partial charge is 0.264 e. The Labute approximate surface area is 366 Å². The molecule has 63 heavy (non-hydrogen) atoms. The molecule has 0 saturated heterocycles. The Bertz CT molecular complexity index is 3450. The molecule has 0 saturated carbocycles. The molecule has 2 aromatic heterocycles. The fourth-order valence-corrected chi connectivity index (χ4v) is 10.0. The van der Waals surface area contributed by atoms with Crippen LogP contribution in [0.15, 0.2) is 237 Å². The number of fused-ring (bicyclic) bond motifs is 6.